The summed E-state index contributed by atoms with van der Waals surface area (Å²) in [6, 6.07) is 16.1. The molecule has 3 aromatic rings. The van der Waals surface area contributed by atoms with Crippen molar-refractivity contribution in [2.24, 2.45) is 0 Å². The van der Waals surface area contributed by atoms with Crippen LogP contribution in [-0.4, -0.2) is 41.2 Å². The van der Waals surface area contributed by atoms with Crippen LogP contribution in [0.5, 0.6) is 0 Å². The van der Waals surface area contributed by atoms with Crippen molar-refractivity contribution in [1.82, 2.24) is 15.2 Å². The molecule has 0 radical (unpaired) electrons. The van der Waals surface area contributed by atoms with Gasteiger partial charge in [0.2, 0.25) is 0 Å². The van der Waals surface area contributed by atoms with Crippen molar-refractivity contribution in [3.63, 3.8) is 0 Å². The standard InChI is InChI=1S/C28H30N4O2S2/c1-2-35-24-8-7-23(30-18-24)17-31-27(33)25-15-22-9-14-34-28(26(22)36-25)10-12-32(13-11-28)19-21-5-3-20(16-29)4-6-21/h3-8,15,18H,2,9-14,17,19H2,1H3,(H,31,33). The first-order valence-electron chi connectivity index (χ1n) is 12.4. The molecule has 1 aromatic carbocycles. The van der Waals surface area contributed by atoms with Crippen molar-refractivity contribution in [3.05, 3.63) is 80.8 Å². The van der Waals surface area contributed by atoms with E-state index in [1.165, 1.54) is 16.0 Å². The molecular weight excluding hydrogens is 488 g/mol. The second-order valence-corrected chi connectivity index (χ2v) is 11.6. The van der Waals surface area contributed by atoms with Crippen LogP contribution in [0.15, 0.2) is 53.6 Å². The fraction of sp³-hybridized carbons (Fsp3) is 0.393. The van der Waals surface area contributed by atoms with Crippen LogP contribution in [0.3, 0.4) is 0 Å². The predicted molar refractivity (Wildman–Crippen MR) is 143 cm³/mol. The van der Waals surface area contributed by atoms with Gasteiger partial charge < -0.3 is 10.1 Å². The molecule has 36 heavy (non-hydrogen) atoms. The lowest BCUT2D eigenvalue weighted by molar-refractivity contribution is -0.0960. The van der Waals surface area contributed by atoms with E-state index in [0.717, 1.165) is 60.1 Å². The number of amides is 1. The summed E-state index contributed by atoms with van der Waals surface area (Å²) in [5.41, 5.74) is 3.75. The molecule has 0 saturated carbocycles. The van der Waals surface area contributed by atoms with Crippen LogP contribution >= 0.6 is 23.1 Å². The van der Waals surface area contributed by atoms with Crippen LogP contribution in [0.4, 0.5) is 0 Å². The van der Waals surface area contributed by atoms with E-state index in [-0.39, 0.29) is 11.5 Å². The lowest BCUT2D eigenvalue weighted by Gasteiger charge is -2.43. The minimum absolute atomic E-state index is 0.0448. The van der Waals surface area contributed by atoms with E-state index in [2.05, 4.69) is 40.3 Å². The van der Waals surface area contributed by atoms with Gasteiger partial charge in [-0.25, -0.2) is 0 Å². The summed E-state index contributed by atoms with van der Waals surface area (Å²) in [4.78, 5) is 23.0. The van der Waals surface area contributed by atoms with Gasteiger partial charge >= 0.3 is 0 Å². The number of nitrogens with zero attached hydrogens (tertiary/aromatic N) is 3. The van der Waals surface area contributed by atoms with E-state index in [0.29, 0.717) is 18.7 Å². The fourth-order valence-corrected chi connectivity index (χ4v) is 6.90. The lowest BCUT2D eigenvalue weighted by Crippen LogP contribution is -2.45. The Labute approximate surface area is 220 Å². The minimum atomic E-state index is -0.285. The lowest BCUT2D eigenvalue weighted by atomic mass is 9.85. The number of carbonyl (C=O) groups is 1. The highest BCUT2D eigenvalue weighted by atomic mass is 32.2. The summed E-state index contributed by atoms with van der Waals surface area (Å²) in [6.45, 7) is 6.00. The Kier molecular flexibility index (Phi) is 7.73. The molecule has 1 fully saturated rings. The van der Waals surface area contributed by atoms with Gasteiger partial charge in [0.1, 0.15) is 5.60 Å². The maximum Gasteiger partial charge on any atom is 0.261 e. The second kappa shape index (κ2) is 11.1. The summed E-state index contributed by atoms with van der Waals surface area (Å²) >= 11 is 3.35. The van der Waals surface area contributed by atoms with Crippen LogP contribution in [-0.2, 0) is 29.8 Å². The topological polar surface area (TPSA) is 78.2 Å². The number of likely N-dealkylation sites (tertiary alicyclic amines) is 1. The average Bonchev–Trinajstić information content (AvgIpc) is 3.36. The highest BCUT2D eigenvalue weighted by Gasteiger charge is 2.42. The van der Waals surface area contributed by atoms with E-state index in [9.17, 15) is 4.79 Å². The molecule has 0 bridgehead atoms. The van der Waals surface area contributed by atoms with Crippen molar-refractivity contribution < 1.29 is 9.53 Å². The largest absolute Gasteiger partial charge is 0.369 e. The van der Waals surface area contributed by atoms with Crippen molar-refractivity contribution in [3.8, 4) is 6.07 Å². The fourth-order valence-electron chi connectivity index (χ4n) is 4.95. The zero-order valence-electron chi connectivity index (χ0n) is 20.5. The minimum Gasteiger partial charge on any atom is -0.369 e. The highest BCUT2D eigenvalue weighted by molar-refractivity contribution is 7.99. The van der Waals surface area contributed by atoms with Crippen LogP contribution < -0.4 is 5.32 Å². The van der Waals surface area contributed by atoms with Gasteiger partial charge in [-0.05, 0) is 66.5 Å². The third-order valence-electron chi connectivity index (χ3n) is 6.89. The Hall–Kier alpha value is -2.70. The molecule has 1 spiro atoms. The number of nitriles is 1. The number of pyridine rings is 1. The molecule has 5 rings (SSSR count). The van der Waals surface area contributed by atoms with Crippen molar-refractivity contribution in [2.75, 3.05) is 25.4 Å². The van der Waals surface area contributed by atoms with Crippen molar-refractivity contribution >= 4 is 29.0 Å². The number of aromatic nitrogens is 1. The van der Waals surface area contributed by atoms with Gasteiger partial charge in [-0.15, -0.1) is 23.1 Å². The summed E-state index contributed by atoms with van der Waals surface area (Å²) in [5, 5.41) is 12.1. The Balaban J connectivity index is 1.21. The van der Waals surface area contributed by atoms with Crippen molar-refractivity contribution in [1.29, 1.82) is 5.26 Å². The quantitative estimate of drug-likeness (QED) is 0.438. The molecule has 2 aromatic heterocycles. The van der Waals surface area contributed by atoms with Crippen LogP contribution in [0.2, 0.25) is 0 Å². The number of thioether (sulfide) groups is 1. The Bertz CT molecular complexity index is 1240. The number of nitrogens with one attached hydrogen (secondary N) is 1. The average molecular weight is 519 g/mol. The van der Waals surface area contributed by atoms with Gasteiger partial charge in [0.15, 0.2) is 0 Å². The molecule has 2 aliphatic rings. The van der Waals surface area contributed by atoms with Crippen LogP contribution in [0, 0.1) is 11.3 Å². The SMILES string of the molecule is CCSc1ccc(CNC(=O)c2cc3c(s2)C2(CCN(Cc4ccc(C#N)cc4)CC2)OCC3)nc1. The van der Waals surface area contributed by atoms with Crippen molar-refractivity contribution in [2.45, 2.75) is 49.8 Å². The number of thiophene rings is 1. The van der Waals surface area contributed by atoms with Gasteiger partial charge in [-0.1, -0.05) is 19.1 Å². The molecule has 1 saturated heterocycles. The maximum absolute atomic E-state index is 13.0. The second-order valence-electron chi connectivity index (χ2n) is 9.24. The van der Waals surface area contributed by atoms with Gasteiger partial charge in [0, 0.05) is 35.6 Å². The van der Waals surface area contributed by atoms with Gasteiger partial charge in [-0.2, -0.15) is 5.26 Å². The number of hydrogen-bond acceptors (Lipinski definition) is 7. The third-order valence-corrected chi connectivity index (χ3v) is 9.11. The van der Waals surface area contributed by atoms with E-state index in [4.69, 9.17) is 10.00 Å². The predicted octanol–water partition coefficient (Wildman–Crippen LogP) is 5.12. The molecule has 8 heteroatoms. The molecule has 2 aliphatic heterocycles. The Morgan fingerprint density at radius 1 is 1.25 bits per heavy atom. The van der Waals surface area contributed by atoms with E-state index < -0.39 is 0 Å². The summed E-state index contributed by atoms with van der Waals surface area (Å²) < 4.78 is 6.42. The molecule has 186 valence electrons. The Morgan fingerprint density at radius 2 is 2.06 bits per heavy atom. The van der Waals surface area contributed by atoms with E-state index >= 15 is 0 Å². The number of hydrogen-bond donors (Lipinski definition) is 1. The summed E-state index contributed by atoms with van der Waals surface area (Å²) in [7, 11) is 0. The number of carbonyl (C=O) groups excluding carboxylic acids is 1. The zero-order chi connectivity index (χ0) is 25.0. The first-order chi connectivity index (χ1) is 17.6. The molecule has 0 aliphatic carbocycles. The number of benzene rings is 1. The zero-order valence-corrected chi connectivity index (χ0v) is 22.1. The molecule has 6 nitrogen and oxygen atoms in total. The Morgan fingerprint density at radius 3 is 2.75 bits per heavy atom. The monoisotopic (exact) mass is 518 g/mol. The highest BCUT2D eigenvalue weighted by Crippen LogP contribution is 2.45. The molecule has 1 amide bonds. The van der Waals surface area contributed by atoms with E-state index in [1.54, 1.807) is 23.1 Å². The first kappa shape index (κ1) is 25.0. The molecule has 0 atom stereocenters. The normalized spacial score (nSPS) is 16.9. The molecule has 4 heterocycles. The smallest absolute Gasteiger partial charge is 0.261 e. The van der Waals surface area contributed by atoms with Crippen LogP contribution in [0.1, 0.15) is 56.7 Å². The molecule has 1 N–H and O–H groups in total. The van der Waals surface area contributed by atoms with Gasteiger partial charge in [0.25, 0.3) is 5.91 Å². The van der Waals surface area contributed by atoms with Crippen LogP contribution in [0.25, 0.3) is 0 Å². The number of fused-ring (bicyclic) bond motifs is 2. The van der Waals surface area contributed by atoms with Gasteiger partial charge in [0.05, 0.1) is 35.4 Å². The summed E-state index contributed by atoms with van der Waals surface area (Å²) in [6.07, 6.45) is 4.57. The third kappa shape index (κ3) is 5.50. The molecular formula is C28H30N4O2S2. The molecule has 0 unspecified atom stereocenters. The number of ether oxygens (including phenoxy) is 1. The number of piperidine rings is 1. The number of rotatable bonds is 7. The summed E-state index contributed by atoms with van der Waals surface area (Å²) in [5.74, 6) is 0.970. The van der Waals surface area contributed by atoms with E-state index in [1.807, 2.05) is 36.5 Å². The first-order valence-corrected chi connectivity index (χ1v) is 14.2. The maximum atomic E-state index is 13.0. The van der Waals surface area contributed by atoms with Gasteiger partial charge in [-0.3, -0.25) is 14.7 Å².